The molecule has 0 N–H and O–H groups in total. The standard InChI is InChI=1S/C24H19Br2ClN2O4/c25-20-15-10-16(21(20)26)19-18(15)23(32)29(24(19)33)28(11-17(30)12-4-2-1-3-5-12)22(31)13-6-8-14(27)9-7-13/h1-9,15-16,18-21H,10-11H2/t15-,16-,18-,19+,20-,21+/m1/s1. The summed E-state index contributed by atoms with van der Waals surface area (Å²) >= 11 is 13.3. The molecule has 3 fully saturated rings. The summed E-state index contributed by atoms with van der Waals surface area (Å²) in [5, 5.41) is 2.38. The maximum absolute atomic E-state index is 13.5. The van der Waals surface area contributed by atoms with E-state index in [0.29, 0.717) is 10.6 Å². The molecule has 1 heterocycles. The Labute approximate surface area is 212 Å². The van der Waals surface area contributed by atoms with Gasteiger partial charge >= 0.3 is 0 Å². The topological polar surface area (TPSA) is 74.8 Å². The number of benzene rings is 2. The van der Waals surface area contributed by atoms with E-state index in [0.717, 1.165) is 16.4 Å². The van der Waals surface area contributed by atoms with Crippen LogP contribution < -0.4 is 0 Å². The monoisotopic (exact) mass is 592 g/mol. The van der Waals surface area contributed by atoms with Gasteiger partial charge in [0.1, 0.15) is 6.54 Å². The fourth-order valence-electron chi connectivity index (χ4n) is 5.40. The van der Waals surface area contributed by atoms with Gasteiger partial charge in [-0.25, -0.2) is 5.01 Å². The van der Waals surface area contributed by atoms with E-state index >= 15 is 0 Å². The van der Waals surface area contributed by atoms with Crippen molar-refractivity contribution < 1.29 is 19.2 Å². The van der Waals surface area contributed by atoms with Crippen LogP contribution in [0.2, 0.25) is 5.02 Å². The smallest absolute Gasteiger partial charge is 0.273 e. The summed E-state index contributed by atoms with van der Waals surface area (Å²) in [6.07, 6.45) is 0.778. The van der Waals surface area contributed by atoms with Crippen LogP contribution in [0.3, 0.4) is 0 Å². The number of alkyl halides is 2. The van der Waals surface area contributed by atoms with Gasteiger partial charge in [0.25, 0.3) is 17.7 Å². The van der Waals surface area contributed by atoms with Gasteiger partial charge in [-0.1, -0.05) is 73.8 Å². The molecule has 1 aliphatic heterocycles. The molecule has 0 spiro atoms. The summed E-state index contributed by atoms with van der Waals surface area (Å²) < 4.78 is 0. The van der Waals surface area contributed by atoms with Crippen LogP contribution in [0.4, 0.5) is 0 Å². The maximum atomic E-state index is 13.5. The summed E-state index contributed by atoms with van der Waals surface area (Å²) in [4.78, 5) is 53.7. The lowest BCUT2D eigenvalue weighted by Gasteiger charge is -2.31. The summed E-state index contributed by atoms with van der Waals surface area (Å²) in [5.41, 5.74) is 0.629. The van der Waals surface area contributed by atoms with Crippen LogP contribution in [0.5, 0.6) is 0 Å². The minimum atomic E-state index is -0.601. The summed E-state index contributed by atoms with van der Waals surface area (Å²) in [6, 6.07) is 14.6. The van der Waals surface area contributed by atoms with Crippen LogP contribution in [-0.4, -0.2) is 49.7 Å². The van der Waals surface area contributed by atoms with Crippen molar-refractivity contribution in [2.45, 2.75) is 16.1 Å². The number of nitrogens with zero attached hydrogens (tertiary/aromatic N) is 2. The van der Waals surface area contributed by atoms with E-state index in [9.17, 15) is 19.2 Å². The molecule has 0 unspecified atom stereocenters. The number of amides is 3. The van der Waals surface area contributed by atoms with Crippen molar-refractivity contribution >= 4 is 67.0 Å². The Morgan fingerprint density at radius 2 is 1.42 bits per heavy atom. The second-order valence-electron chi connectivity index (χ2n) is 8.65. The fourth-order valence-corrected chi connectivity index (χ4v) is 7.40. The SMILES string of the molecule is O=C(CN(C(=O)c1ccc(Cl)cc1)N1C(=O)[C@@H]2[C@H]3C[C@@H]([C@H](Br)[C@@H]3Br)[C@@H]2C1=O)c1ccccc1. The molecule has 0 radical (unpaired) electrons. The molecule has 2 aliphatic carbocycles. The number of ketones is 1. The highest BCUT2D eigenvalue weighted by Crippen LogP contribution is 2.60. The van der Waals surface area contributed by atoms with Gasteiger partial charge in [-0.15, -0.1) is 0 Å². The lowest BCUT2D eigenvalue weighted by molar-refractivity contribution is -0.154. The molecule has 6 atom stereocenters. The molecule has 2 bridgehead atoms. The first kappa shape index (κ1) is 22.7. The average molecular weight is 595 g/mol. The quantitative estimate of drug-likeness (QED) is 0.293. The molecule has 5 rings (SSSR count). The molecule has 3 aliphatic rings. The predicted octanol–water partition coefficient (Wildman–Crippen LogP) is 4.36. The Hall–Kier alpha value is -2.03. The highest BCUT2D eigenvalue weighted by molar-refractivity contribution is 9.12. The first-order valence-corrected chi connectivity index (χ1v) is 12.8. The van der Waals surface area contributed by atoms with Gasteiger partial charge < -0.3 is 0 Å². The molecule has 6 nitrogen and oxygen atoms in total. The third kappa shape index (κ3) is 3.67. The zero-order valence-electron chi connectivity index (χ0n) is 17.2. The Morgan fingerprint density at radius 3 is 1.97 bits per heavy atom. The van der Waals surface area contributed by atoms with Crippen LogP contribution >= 0.6 is 43.5 Å². The molecule has 2 aromatic rings. The highest BCUT2D eigenvalue weighted by Gasteiger charge is 2.67. The lowest BCUT2D eigenvalue weighted by Crippen LogP contribution is -2.52. The van der Waals surface area contributed by atoms with Crippen molar-refractivity contribution in [3.05, 3.63) is 70.7 Å². The third-order valence-corrected chi connectivity index (χ3v) is 10.4. The number of carbonyl (C=O) groups excluding carboxylic acids is 4. The van der Waals surface area contributed by atoms with Crippen LogP contribution in [0.15, 0.2) is 54.6 Å². The number of imide groups is 1. The fraction of sp³-hybridized carbons (Fsp3) is 0.333. The molecule has 1 saturated heterocycles. The number of fused-ring (bicyclic) bond motifs is 5. The number of carbonyl (C=O) groups is 4. The second-order valence-corrected chi connectivity index (χ2v) is 11.2. The zero-order chi connectivity index (χ0) is 23.4. The number of rotatable bonds is 5. The Kier molecular flexibility index (Phi) is 5.95. The molecule has 2 aromatic carbocycles. The lowest BCUT2D eigenvalue weighted by atomic mass is 9.81. The first-order chi connectivity index (χ1) is 15.8. The van der Waals surface area contributed by atoms with Gasteiger partial charge in [0.15, 0.2) is 5.78 Å². The number of Topliss-reactive ketones (excluding diaryl/α,β-unsaturated/α-hetero) is 1. The molecule has 170 valence electrons. The van der Waals surface area contributed by atoms with Crippen molar-refractivity contribution in [2.24, 2.45) is 23.7 Å². The van der Waals surface area contributed by atoms with Crippen LogP contribution in [-0.2, 0) is 9.59 Å². The minimum Gasteiger partial charge on any atom is -0.292 e. The number of hydrogen-bond acceptors (Lipinski definition) is 4. The maximum Gasteiger partial charge on any atom is 0.273 e. The first-order valence-electron chi connectivity index (χ1n) is 10.6. The summed E-state index contributed by atoms with van der Waals surface area (Å²) in [6.45, 7) is -0.423. The second kappa shape index (κ2) is 8.64. The summed E-state index contributed by atoms with van der Waals surface area (Å²) in [7, 11) is 0. The Balaban J connectivity index is 1.51. The van der Waals surface area contributed by atoms with E-state index in [2.05, 4.69) is 31.9 Å². The van der Waals surface area contributed by atoms with E-state index in [4.69, 9.17) is 11.6 Å². The van der Waals surface area contributed by atoms with E-state index in [1.807, 2.05) is 0 Å². The van der Waals surface area contributed by atoms with Crippen LogP contribution in [0.25, 0.3) is 0 Å². The molecule has 0 aromatic heterocycles. The van der Waals surface area contributed by atoms with Crippen molar-refractivity contribution in [3.8, 4) is 0 Å². The van der Waals surface area contributed by atoms with E-state index in [1.54, 1.807) is 42.5 Å². The number of hydrazine groups is 1. The normalized spacial score (nSPS) is 30.0. The molecule has 2 saturated carbocycles. The van der Waals surface area contributed by atoms with Gasteiger partial charge in [-0.2, -0.15) is 5.01 Å². The van der Waals surface area contributed by atoms with E-state index in [-0.39, 0.29) is 32.8 Å². The summed E-state index contributed by atoms with van der Waals surface area (Å²) in [5.74, 6) is -2.77. The highest BCUT2D eigenvalue weighted by atomic mass is 79.9. The molecular weight excluding hydrogens is 576 g/mol. The van der Waals surface area contributed by atoms with Gasteiger partial charge in [0.05, 0.1) is 11.8 Å². The molecular formula is C24H19Br2ClN2O4. The number of halogens is 3. The average Bonchev–Trinajstić information content (AvgIpc) is 3.43. The van der Waals surface area contributed by atoms with Gasteiger partial charge in [0, 0.05) is 25.8 Å². The van der Waals surface area contributed by atoms with Crippen molar-refractivity contribution in [1.29, 1.82) is 0 Å². The Morgan fingerprint density at radius 1 is 0.879 bits per heavy atom. The van der Waals surface area contributed by atoms with Crippen LogP contribution in [0, 0.1) is 23.7 Å². The van der Waals surface area contributed by atoms with E-state index in [1.165, 1.54) is 12.1 Å². The predicted molar refractivity (Wildman–Crippen MR) is 129 cm³/mol. The van der Waals surface area contributed by atoms with Crippen molar-refractivity contribution in [3.63, 3.8) is 0 Å². The third-order valence-electron chi connectivity index (χ3n) is 6.92. The van der Waals surface area contributed by atoms with Crippen molar-refractivity contribution in [1.82, 2.24) is 10.0 Å². The molecule has 3 amide bonds. The van der Waals surface area contributed by atoms with Gasteiger partial charge in [-0.3, -0.25) is 19.2 Å². The molecule has 33 heavy (non-hydrogen) atoms. The Bertz CT molecular complexity index is 1110. The minimum absolute atomic E-state index is 0.00290. The largest absolute Gasteiger partial charge is 0.292 e. The zero-order valence-corrected chi connectivity index (χ0v) is 21.2. The van der Waals surface area contributed by atoms with Crippen LogP contribution in [0.1, 0.15) is 27.1 Å². The van der Waals surface area contributed by atoms with Gasteiger partial charge in [0.2, 0.25) is 0 Å². The molecule has 9 heteroatoms. The van der Waals surface area contributed by atoms with Gasteiger partial charge in [-0.05, 0) is 42.5 Å². The van der Waals surface area contributed by atoms with Crippen molar-refractivity contribution in [2.75, 3.05) is 6.54 Å². The van der Waals surface area contributed by atoms with E-state index < -0.39 is 36.1 Å². The number of hydrogen-bond donors (Lipinski definition) is 0.